The van der Waals surface area contributed by atoms with E-state index in [0.717, 1.165) is 30.9 Å². The molecule has 1 aromatic carbocycles. The Morgan fingerprint density at radius 2 is 2.06 bits per heavy atom. The highest BCUT2D eigenvalue weighted by molar-refractivity contribution is 6.42. The average Bonchev–Trinajstić information content (AvgIpc) is 2.38. The quantitative estimate of drug-likeness (QED) is 0.819. The van der Waals surface area contributed by atoms with Gasteiger partial charge in [0.25, 0.3) is 0 Å². The van der Waals surface area contributed by atoms with E-state index in [1.165, 1.54) is 0 Å². The van der Waals surface area contributed by atoms with Gasteiger partial charge >= 0.3 is 0 Å². The Balaban J connectivity index is 2.49. The fraction of sp³-hybridized carbons (Fsp3) is 0.500. The van der Waals surface area contributed by atoms with Crippen molar-refractivity contribution in [2.45, 2.75) is 26.3 Å². The van der Waals surface area contributed by atoms with Crippen molar-refractivity contribution in [3.8, 4) is 0 Å². The summed E-state index contributed by atoms with van der Waals surface area (Å²) in [5, 5.41) is 4.63. The van der Waals surface area contributed by atoms with Gasteiger partial charge in [0.1, 0.15) is 0 Å². The molecule has 4 heteroatoms. The zero-order valence-electron chi connectivity index (χ0n) is 9.56. The highest BCUT2D eigenvalue weighted by Crippen LogP contribution is 2.37. The molecule has 2 rings (SSSR count). The Labute approximate surface area is 107 Å². The molecule has 0 spiro atoms. The summed E-state index contributed by atoms with van der Waals surface area (Å²) < 4.78 is 0. The van der Waals surface area contributed by atoms with E-state index in [-0.39, 0.29) is 0 Å². The Bertz CT molecular complexity index is 393. The molecule has 1 aromatic rings. The molecule has 2 nitrogen and oxygen atoms in total. The van der Waals surface area contributed by atoms with Gasteiger partial charge in [0, 0.05) is 19.1 Å². The zero-order valence-corrected chi connectivity index (χ0v) is 11.1. The minimum absolute atomic E-state index is 0.524. The molecule has 88 valence electrons. The van der Waals surface area contributed by atoms with Gasteiger partial charge in [0.2, 0.25) is 0 Å². The predicted octanol–water partition coefficient (Wildman–Crippen LogP) is 4.02. The molecule has 0 aliphatic carbocycles. The van der Waals surface area contributed by atoms with Crippen molar-refractivity contribution >= 4 is 34.6 Å². The third-order valence-electron chi connectivity index (χ3n) is 3.10. The zero-order chi connectivity index (χ0) is 11.7. The molecule has 0 aromatic heterocycles. The molecule has 0 saturated carbocycles. The van der Waals surface area contributed by atoms with Crippen molar-refractivity contribution in [3.63, 3.8) is 0 Å². The summed E-state index contributed by atoms with van der Waals surface area (Å²) in [5.41, 5.74) is 2.24. The van der Waals surface area contributed by atoms with E-state index in [2.05, 4.69) is 24.1 Å². The molecule has 1 aliphatic rings. The number of nitrogens with zero attached hydrogens (tertiary/aromatic N) is 1. The van der Waals surface area contributed by atoms with Crippen LogP contribution in [0.3, 0.4) is 0 Å². The van der Waals surface area contributed by atoms with Gasteiger partial charge in [-0.25, -0.2) is 0 Å². The number of halogens is 2. The first-order valence-electron chi connectivity index (χ1n) is 5.63. The Morgan fingerprint density at radius 3 is 2.75 bits per heavy atom. The first-order chi connectivity index (χ1) is 7.63. The largest absolute Gasteiger partial charge is 0.383 e. The lowest BCUT2D eigenvalue weighted by Crippen LogP contribution is -2.32. The van der Waals surface area contributed by atoms with Crippen molar-refractivity contribution in [1.82, 2.24) is 0 Å². The number of rotatable bonds is 1. The molecule has 1 aliphatic heterocycles. The smallest absolute Gasteiger partial charge is 0.0620 e. The van der Waals surface area contributed by atoms with Crippen LogP contribution in [-0.4, -0.2) is 19.1 Å². The van der Waals surface area contributed by atoms with Crippen LogP contribution in [0.25, 0.3) is 0 Å². The molecule has 0 amide bonds. The average molecular weight is 259 g/mol. The monoisotopic (exact) mass is 258 g/mol. The maximum atomic E-state index is 6.08. The van der Waals surface area contributed by atoms with Crippen LogP contribution in [0.2, 0.25) is 10.0 Å². The number of hydrogen-bond acceptors (Lipinski definition) is 2. The van der Waals surface area contributed by atoms with Crippen LogP contribution in [0.5, 0.6) is 0 Å². The van der Waals surface area contributed by atoms with Crippen molar-refractivity contribution in [2.75, 3.05) is 23.3 Å². The molecule has 0 saturated heterocycles. The number of hydrogen-bond donors (Lipinski definition) is 1. The number of nitrogens with one attached hydrogen (secondary N) is 1. The van der Waals surface area contributed by atoms with Gasteiger partial charge in [0.15, 0.2) is 0 Å². The summed E-state index contributed by atoms with van der Waals surface area (Å²) in [7, 11) is 0. The van der Waals surface area contributed by atoms with Crippen LogP contribution < -0.4 is 10.2 Å². The minimum Gasteiger partial charge on any atom is -0.383 e. The SMILES string of the molecule is CCN1c2cc(Cl)c(Cl)cc2NCCC1C. The molecule has 0 radical (unpaired) electrons. The normalized spacial score (nSPS) is 20.0. The van der Waals surface area contributed by atoms with E-state index in [0.29, 0.717) is 16.1 Å². The van der Waals surface area contributed by atoms with Gasteiger partial charge in [-0.3, -0.25) is 0 Å². The third kappa shape index (κ3) is 2.09. The molecular formula is C12H16Cl2N2. The van der Waals surface area contributed by atoms with Crippen molar-refractivity contribution in [1.29, 1.82) is 0 Å². The van der Waals surface area contributed by atoms with E-state index in [1.807, 2.05) is 12.1 Å². The summed E-state index contributed by atoms with van der Waals surface area (Å²) in [6, 6.07) is 4.40. The van der Waals surface area contributed by atoms with Gasteiger partial charge in [-0.1, -0.05) is 23.2 Å². The third-order valence-corrected chi connectivity index (χ3v) is 3.82. The fourth-order valence-corrected chi connectivity index (χ4v) is 2.53. The molecule has 16 heavy (non-hydrogen) atoms. The number of anilines is 2. The second-order valence-corrected chi connectivity index (χ2v) is 4.95. The highest BCUT2D eigenvalue weighted by atomic mass is 35.5. The lowest BCUT2D eigenvalue weighted by molar-refractivity contribution is 0.626. The fourth-order valence-electron chi connectivity index (χ4n) is 2.21. The molecule has 1 unspecified atom stereocenters. The summed E-state index contributed by atoms with van der Waals surface area (Å²) in [6.07, 6.45) is 1.12. The van der Waals surface area contributed by atoms with Crippen LogP contribution in [-0.2, 0) is 0 Å². The lowest BCUT2D eigenvalue weighted by Gasteiger charge is -2.29. The highest BCUT2D eigenvalue weighted by Gasteiger charge is 2.20. The minimum atomic E-state index is 0.524. The van der Waals surface area contributed by atoms with E-state index < -0.39 is 0 Å². The predicted molar refractivity (Wildman–Crippen MR) is 72.1 cm³/mol. The van der Waals surface area contributed by atoms with Crippen molar-refractivity contribution in [2.24, 2.45) is 0 Å². The van der Waals surface area contributed by atoms with E-state index >= 15 is 0 Å². The van der Waals surface area contributed by atoms with Crippen LogP contribution in [0.15, 0.2) is 12.1 Å². The molecule has 1 N–H and O–H groups in total. The van der Waals surface area contributed by atoms with E-state index in [4.69, 9.17) is 23.2 Å². The van der Waals surface area contributed by atoms with Crippen LogP contribution in [0.4, 0.5) is 11.4 Å². The van der Waals surface area contributed by atoms with Crippen LogP contribution >= 0.6 is 23.2 Å². The molecular weight excluding hydrogens is 243 g/mol. The number of fused-ring (bicyclic) bond motifs is 1. The van der Waals surface area contributed by atoms with Gasteiger partial charge < -0.3 is 10.2 Å². The first-order valence-corrected chi connectivity index (χ1v) is 6.38. The standard InChI is InChI=1S/C12H16Cl2N2/c1-3-16-8(2)4-5-15-11-6-9(13)10(14)7-12(11)16/h6-8,15H,3-5H2,1-2H3. The second-order valence-electron chi connectivity index (χ2n) is 4.13. The molecule has 0 bridgehead atoms. The van der Waals surface area contributed by atoms with Crippen LogP contribution in [0, 0.1) is 0 Å². The first kappa shape index (κ1) is 11.9. The Kier molecular flexibility index (Phi) is 3.50. The van der Waals surface area contributed by atoms with Crippen molar-refractivity contribution < 1.29 is 0 Å². The summed E-state index contributed by atoms with van der Waals surface area (Å²) >= 11 is 12.1. The summed E-state index contributed by atoms with van der Waals surface area (Å²) in [6.45, 7) is 6.35. The van der Waals surface area contributed by atoms with E-state index in [1.54, 1.807) is 0 Å². The van der Waals surface area contributed by atoms with E-state index in [9.17, 15) is 0 Å². The maximum Gasteiger partial charge on any atom is 0.0620 e. The van der Waals surface area contributed by atoms with Crippen LogP contribution in [0.1, 0.15) is 20.3 Å². The van der Waals surface area contributed by atoms with Gasteiger partial charge in [-0.2, -0.15) is 0 Å². The topological polar surface area (TPSA) is 15.3 Å². The van der Waals surface area contributed by atoms with Gasteiger partial charge in [-0.15, -0.1) is 0 Å². The second kappa shape index (κ2) is 4.72. The lowest BCUT2D eigenvalue weighted by atomic mass is 10.2. The van der Waals surface area contributed by atoms with Gasteiger partial charge in [0.05, 0.1) is 21.4 Å². The summed E-state index contributed by atoms with van der Waals surface area (Å²) in [4.78, 5) is 2.36. The molecule has 1 heterocycles. The maximum absolute atomic E-state index is 6.08. The Hall–Kier alpha value is -0.600. The number of benzene rings is 1. The molecule has 1 atom stereocenters. The summed E-state index contributed by atoms with van der Waals surface area (Å²) in [5.74, 6) is 0. The van der Waals surface area contributed by atoms with Crippen molar-refractivity contribution in [3.05, 3.63) is 22.2 Å². The Morgan fingerprint density at radius 1 is 1.38 bits per heavy atom. The molecule has 0 fully saturated rings. The van der Waals surface area contributed by atoms with Gasteiger partial charge in [-0.05, 0) is 32.4 Å².